The number of hydrogen-bond donors (Lipinski definition) is 1. The van der Waals surface area contributed by atoms with Crippen LogP contribution in [0.3, 0.4) is 0 Å². The van der Waals surface area contributed by atoms with Crippen LogP contribution in [-0.2, 0) is 14.1 Å². The standard InChI is InChI=1S/C18H15N5/c1-22-10-14(12-5-3-4-6-16(12)22)15-7-13-17-11(9-20-23(17)2)8-19-18(13)21-15/h3-10,20H,1-2H3. The zero-order chi connectivity index (χ0) is 15.6. The lowest BCUT2D eigenvalue weighted by atomic mass is 10.1. The van der Waals surface area contributed by atoms with Gasteiger partial charge in [-0.25, -0.2) is 9.97 Å². The van der Waals surface area contributed by atoms with E-state index in [1.54, 1.807) is 0 Å². The number of H-pyrrole nitrogens is 1. The number of aromatic amines is 1. The fraction of sp³-hybridized carbons (Fsp3) is 0.111. The molecule has 23 heavy (non-hydrogen) atoms. The molecule has 0 bridgehead atoms. The van der Waals surface area contributed by atoms with Crippen LogP contribution in [-0.4, -0.2) is 24.3 Å². The Kier molecular flexibility index (Phi) is 2.29. The Bertz CT molecular complexity index is 1190. The second-order valence-electron chi connectivity index (χ2n) is 5.94. The lowest BCUT2D eigenvalue weighted by molar-refractivity contribution is 0.799. The van der Waals surface area contributed by atoms with Crippen molar-refractivity contribution in [1.82, 2.24) is 24.3 Å². The molecule has 0 aliphatic rings. The predicted octanol–water partition coefficient (Wildman–Crippen LogP) is 3.61. The third kappa shape index (κ3) is 1.61. The Hall–Kier alpha value is -3.08. The van der Waals surface area contributed by atoms with Crippen molar-refractivity contribution >= 4 is 32.8 Å². The number of benzene rings is 1. The highest BCUT2D eigenvalue weighted by Crippen LogP contribution is 2.33. The molecule has 5 aromatic rings. The van der Waals surface area contributed by atoms with Crippen molar-refractivity contribution in [2.75, 3.05) is 0 Å². The fourth-order valence-electron chi connectivity index (χ4n) is 3.42. The summed E-state index contributed by atoms with van der Waals surface area (Å²) >= 11 is 0. The topological polar surface area (TPSA) is 51.4 Å². The molecular formula is C18H15N5. The molecule has 4 aromatic heterocycles. The average molecular weight is 301 g/mol. The summed E-state index contributed by atoms with van der Waals surface area (Å²) in [6.45, 7) is 0. The van der Waals surface area contributed by atoms with Crippen LogP contribution in [0.1, 0.15) is 0 Å². The van der Waals surface area contributed by atoms with Crippen molar-refractivity contribution in [2.45, 2.75) is 0 Å². The van der Waals surface area contributed by atoms with Gasteiger partial charge in [-0.3, -0.25) is 4.68 Å². The van der Waals surface area contributed by atoms with Gasteiger partial charge in [0.2, 0.25) is 0 Å². The van der Waals surface area contributed by atoms with Crippen LogP contribution in [0.15, 0.2) is 48.9 Å². The molecule has 0 spiro atoms. The average Bonchev–Trinajstić information content (AvgIpc) is 3.23. The molecule has 1 aromatic carbocycles. The van der Waals surface area contributed by atoms with Crippen LogP contribution in [0.2, 0.25) is 0 Å². The van der Waals surface area contributed by atoms with Crippen molar-refractivity contribution in [3.8, 4) is 11.3 Å². The van der Waals surface area contributed by atoms with Crippen LogP contribution < -0.4 is 0 Å². The van der Waals surface area contributed by atoms with E-state index >= 15 is 0 Å². The minimum absolute atomic E-state index is 0.788. The second-order valence-corrected chi connectivity index (χ2v) is 5.94. The molecule has 0 amide bonds. The third-order valence-electron chi connectivity index (χ3n) is 4.52. The Balaban J connectivity index is 1.86. The van der Waals surface area contributed by atoms with Gasteiger partial charge < -0.3 is 9.67 Å². The number of aryl methyl sites for hydroxylation is 2. The van der Waals surface area contributed by atoms with Gasteiger partial charge in [-0.15, -0.1) is 0 Å². The van der Waals surface area contributed by atoms with E-state index in [9.17, 15) is 0 Å². The van der Waals surface area contributed by atoms with E-state index in [0.29, 0.717) is 0 Å². The molecule has 0 fully saturated rings. The third-order valence-corrected chi connectivity index (χ3v) is 4.52. The van der Waals surface area contributed by atoms with Crippen LogP contribution in [0.4, 0.5) is 0 Å². The van der Waals surface area contributed by atoms with E-state index in [0.717, 1.165) is 33.2 Å². The van der Waals surface area contributed by atoms with Crippen molar-refractivity contribution in [3.63, 3.8) is 0 Å². The highest BCUT2D eigenvalue weighted by Gasteiger charge is 2.14. The molecule has 0 saturated carbocycles. The summed E-state index contributed by atoms with van der Waals surface area (Å²) in [4.78, 5) is 9.27. The van der Waals surface area contributed by atoms with Gasteiger partial charge in [0.05, 0.1) is 11.2 Å². The SMILES string of the molecule is Cn1cc(-c2cc3c(ncc4c[nH]n(C)c43)n2)c2ccccc21. The minimum atomic E-state index is 0.788. The van der Waals surface area contributed by atoms with Crippen molar-refractivity contribution in [1.29, 1.82) is 0 Å². The van der Waals surface area contributed by atoms with Crippen LogP contribution in [0, 0.1) is 0 Å². The first-order chi connectivity index (χ1) is 11.2. The number of rotatable bonds is 1. The molecule has 0 unspecified atom stereocenters. The summed E-state index contributed by atoms with van der Waals surface area (Å²) in [5.41, 5.74) is 5.25. The lowest BCUT2D eigenvalue weighted by Crippen LogP contribution is -1.89. The second kappa shape index (κ2) is 4.23. The number of nitrogens with zero attached hydrogens (tertiary/aromatic N) is 4. The van der Waals surface area contributed by atoms with Crippen molar-refractivity contribution in [2.24, 2.45) is 14.1 Å². The Morgan fingerprint density at radius 3 is 2.87 bits per heavy atom. The summed E-state index contributed by atoms with van der Waals surface area (Å²) < 4.78 is 4.15. The summed E-state index contributed by atoms with van der Waals surface area (Å²) in [5, 5.41) is 6.58. The zero-order valence-corrected chi connectivity index (χ0v) is 12.9. The fourth-order valence-corrected chi connectivity index (χ4v) is 3.42. The van der Waals surface area contributed by atoms with E-state index in [2.05, 4.69) is 58.2 Å². The number of hydrogen-bond acceptors (Lipinski definition) is 2. The Morgan fingerprint density at radius 2 is 1.96 bits per heavy atom. The molecule has 112 valence electrons. The summed E-state index contributed by atoms with van der Waals surface area (Å²) in [6, 6.07) is 10.5. The Morgan fingerprint density at radius 1 is 1.09 bits per heavy atom. The van der Waals surface area contributed by atoms with Crippen molar-refractivity contribution < 1.29 is 0 Å². The maximum atomic E-state index is 4.77. The quantitative estimate of drug-likeness (QED) is 0.514. The Labute approximate surface area is 132 Å². The van der Waals surface area contributed by atoms with Gasteiger partial charge >= 0.3 is 0 Å². The first-order valence-corrected chi connectivity index (χ1v) is 7.56. The molecule has 5 rings (SSSR count). The lowest BCUT2D eigenvalue weighted by Gasteiger charge is -1.95. The molecule has 5 nitrogen and oxygen atoms in total. The predicted molar refractivity (Wildman–Crippen MR) is 92.3 cm³/mol. The molecule has 4 heterocycles. The molecule has 0 radical (unpaired) electrons. The zero-order valence-electron chi connectivity index (χ0n) is 12.9. The first kappa shape index (κ1) is 12.5. The maximum absolute atomic E-state index is 4.77. The highest BCUT2D eigenvalue weighted by molar-refractivity contribution is 6.06. The number of nitrogens with one attached hydrogen (secondary N) is 1. The van der Waals surface area contributed by atoms with Gasteiger partial charge in [0, 0.05) is 59.9 Å². The van der Waals surface area contributed by atoms with Gasteiger partial charge in [-0.05, 0) is 12.1 Å². The molecule has 0 atom stereocenters. The summed E-state index contributed by atoms with van der Waals surface area (Å²) in [7, 11) is 4.07. The summed E-state index contributed by atoms with van der Waals surface area (Å²) in [5.74, 6) is 0. The summed E-state index contributed by atoms with van der Waals surface area (Å²) in [6.07, 6.45) is 5.97. The molecule has 1 N–H and O–H groups in total. The van der Waals surface area contributed by atoms with Crippen LogP contribution >= 0.6 is 0 Å². The minimum Gasteiger partial charge on any atom is -0.350 e. The molecule has 0 aliphatic heterocycles. The largest absolute Gasteiger partial charge is 0.350 e. The monoisotopic (exact) mass is 301 g/mol. The van der Waals surface area contributed by atoms with E-state index in [-0.39, 0.29) is 0 Å². The normalized spacial score (nSPS) is 11.9. The molecule has 5 heteroatoms. The van der Waals surface area contributed by atoms with Crippen LogP contribution in [0.25, 0.3) is 44.1 Å². The maximum Gasteiger partial charge on any atom is 0.162 e. The number of aromatic nitrogens is 5. The van der Waals surface area contributed by atoms with Gasteiger partial charge in [0.1, 0.15) is 0 Å². The first-order valence-electron chi connectivity index (χ1n) is 7.56. The smallest absolute Gasteiger partial charge is 0.162 e. The van der Waals surface area contributed by atoms with Crippen LogP contribution in [0.5, 0.6) is 0 Å². The van der Waals surface area contributed by atoms with E-state index in [1.807, 2.05) is 24.1 Å². The highest BCUT2D eigenvalue weighted by atomic mass is 15.2. The van der Waals surface area contributed by atoms with E-state index in [4.69, 9.17) is 4.98 Å². The van der Waals surface area contributed by atoms with Crippen molar-refractivity contribution in [3.05, 3.63) is 48.9 Å². The molecule has 0 saturated heterocycles. The van der Waals surface area contributed by atoms with E-state index in [1.165, 1.54) is 10.9 Å². The van der Waals surface area contributed by atoms with Gasteiger partial charge in [0.25, 0.3) is 0 Å². The number of pyridine rings is 1. The van der Waals surface area contributed by atoms with Gasteiger partial charge in [-0.1, -0.05) is 18.2 Å². The van der Waals surface area contributed by atoms with Gasteiger partial charge in [0.15, 0.2) is 5.65 Å². The number of fused-ring (bicyclic) bond motifs is 4. The molecule has 0 aliphatic carbocycles. The number of para-hydroxylation sites is 1. The van der Waals surface area contributed by atoms with E-state index < -0.39 is 0 Å². The molecular weight excluding hydrogens is 286 g/mol. The van der Waals surface area contributed by atoms with Gasteiger partial charge in [-0.2, -0.15) is 0 Å².